The lowest BCUT2D eigenvalue weighted by Crippen LogP contribution is -2.37. The summed E-state index contributed by atoms with van der Waals surface area (Å²) < 4.78 is 18.3. The van der Waals surface area contributed by atoms with Crippen molar-refractivity contribution in [2.45, 2.75) is 31.5 Å². The maximum atomic E-state index is 13.3. The summed E-state index contributed by atoms with van der Waals surface area (Å²) in [6, 6.07) is 6.91. The summed E-state index contributed by atoms with van der Waals surface area (Å²) in [5.74, 6) is 3.17. The van der Waals surface area contributed by atoms with Crippen LogP contribution in [-0.2, 0) is 14.3 Å². The molecule has 2 amide bonds. The van der Waals surface area contributed by atoms with E-state index in [4.69, 9.17) is 4.74 Å². The summed E-state index contributed by atoms with van der Waals surface area (Å²) in [5.41, 5.74) is -0.599. The van der Waals surface area contributed by atoms with Crippen molar-refractivity contribution >= 4 is 34.1 Å². The first-order chi connectivity index (χ1) is 15.7. The minimum atomic E-state index is -1.71. The van der Waals surface area contributed by atoms with Crippen molar-refractivity contribution in [3.05, 3.63) is 35.5 Å². The molecule has 1 aromatic heterocycles. The van der Waals surface area contributed by atoms with Crippen molar-refractivity contribution in [1.29, 1.82) is 0 Å². The van der Waals surface area contributed by atoms with E-state index in [1.165, 1.54) is 4.90 Å². The first-order valence-corrected chi connectivity index (χ1v) is 11.3. The van der Waals surface area contributed by atoms with E-state index in [9.17, 15) is 23.9 Å². The highest BCUT2D eigenvalue weighted by Crippen LogP contribution is 2.38. The normalized spacial score (nSPS) is 23.6. The summed E-state index contributed by atoms with van der Waals surface area (Å²) >= 11 is 1.07. The molecule has 1 aliphatic heterocycles. The predicted molar refractivity (Wildman–Crippen MR) is 119 cm³/mol. The van der Waals surface area contributed by atoms with E-state index >= 15 is 0 Å². The molecule has 1 aromatic carbocycles. The van der Waals surface area contributed by atoms with E-state index in [2.05, 4.69) is 22.1 Å². The number of nitrogens with zero attached hydrogens (tertiary/aromatic N) is 2. The Kier molecular flexibility index (Phi) is 6.19. The first-order valence-electron chi connectivity index (χ1n) is 10.5. The molecule has 3 atom stereocenters. The van der Waals surface area contributed by atoms with E-state index in [1.54, 1.807) is 38.2 Å². The van der Waals surface area contributed by atoms with Crippen molar-refractivity contribution in [1.82, 2.24) is 9.88 Å². The van der Waals surface area contributed by atoms with Crippen LogP contribution >= 0.6 is 11.3 Å². The van der Waals surface area contributed by atoms with E-state index < -0.39 is 35.5 Å². The van der Waals surface area contributed by atoms with Crippen molar-refractivity contribution < 1.29 is 28.6 Å². The van der Waals surface area contributed by atoms with Gasteiger partial charge >= 0.3 is 5.97 Å². The van der Waals surface area contributed by atoms with Crippen LogP contribution in [0.15, 0.2) is 24.3 Å². The monoisotopic (exact) mass is 471 g/mol. The molecule has 2 aliphatic rings. The maximum Gasteiger partial charge on any atom is 0.360 e. The minimum Gasteiger partial charge on any atom is -0.461 e. The molecule has 4 rings (SSSR count). The molecule has 1 aliphatic carbocycles. The van der Waals surface area contributed by atoms with E-state index in [-0.39, 0.29) is 30.1 Å². The molecule has 172 valence electrons. The molecule has 33 heavy (non-hydrogen) atoms. The number of halogens is 1. The highest BCUT2D eigenvalue weighted by Gasteiger charge is 2.44. The van der Waals surface area contributed by atoms with Crippen molar-refractivity contribution in [3.63, 3.8) is 0 Å². The number of anilines is 1. The van der Waals surface area contributed by atoms with Gasteiger partial charge in [0.25, 0.3) is 5.91 Å². The van der Waals surface area contributed by atoms with Gasteiger partial charge in [-0.15, -0.1) is 0 Å². The third-order valence-electron chi connectivity index (χ3n) is 5.41. The van der Waals surface area contributed by atoms with Gasteiger partial charge in [0.1, 0.15) is 16.2 Å². The fraction of sp³-hybridized carbons (Fsp3) is 0.391. The van der Waals surface area contributed by atoms with Gasteiger partial charge < -0.3 is 20.1 Å². The third kappa shape index (κ3) is 4.74. The van der Waals surface area contributed by atoms with Gasteiger partial charge in [-0.05, 0) is 25.5 Å². The molecule has 2 aromatic rings. The second-order valence-corrected chi connectivity index (χ2v) is 8.93. The molecule has 2 unspecified atom stereocenters. The number of carbonyl (C=O) groups excluding carboxylic acids is 3. The highest BCUT2D eigenvalue weighted by molar-refractivity contribution is 7.19. The van der Waals surface area contributed by atoms with E-state index in [1.807, 2.05) is 0 Å². The van der Waals surface area contributed by atoms with Crippen LogP contribution in [0.1, 0.15) is 35.8 Å². The van der Waals surface area contributed by atoms with Crippen LogP contribution in [0.5, 0.6) is 0 Å². The number of likely N-dealkylation sites (tertiary alicyclic amines) is 1. The molecule has 10 heteroatoms. The lowest BCUT2D eigenvalue weighted by atomic mass is 10.0. The van der Waals surface area contributed by atoms with Crippen LogP contribution in [0.3, 0.4) is 0 Å². The highest BCUT2D eigenvalue weighted by atomic mass is 32.1. The van der Waals surface area contributed by atoms with Crippen LogP contribution in [0.2, 0.25) is 0 Å². The smallest absolute Gasteiger partial charge is 0.360 e. The molecule has 2 N–H and O–H groups in total. The number of benzene rings is 1. The first kappa shape index (κ1) is 22.9. The quantitative estimate of drug-likeness (QED) is 0.511. The van der Waals surface area contributed by atoms with E-state index in [0.717, 1.165) is 11.3 Å². The van der Waals surface area contributed by atoms with Crippen molar-refractivity contribution in [2.24, 2.45) is 5.92 Å². The summed E-state index contributed by atoms with van der Waals surface area (Å²) in [7, 11) is 1.61. The Morgan fingerprint density at radius 3 is 2.85 bits per heavy atom. The van der Waals surface area contributed by atoms with Gasteiger partial charge in [0.15, 0.2) is 5.69 Å². The Morgan fingerprint density at radius 1 is 1.45 bits per heavy atom. The lowest BCUT2D eigenvalue weighted by Gasteiger charge is -2.13. The van der Waals surface area contributed by atoms with Gasteiger partial charge in [0, 0.05) is 31.1 Å². The second-order valence-electron chi connectivity index (χ2n) is 7.93. The van der Waals surface area contributed by atoms with Gasteiger partial charge in [-0.3, -0.25) is 9.59 Å². The topological polar surface area (TPSA) is 109 Å². The van der Waals surface area contributed by atoms with E-state index in [0.29, 0.717) is 22.7 Å². The molecule has 1 saturated carbocycles. The predicted octanol–water partition coefficient (Wildman–Crippen LogP) is 2.23. The fourth-order valence-corrected chi connectivity index (χ4v) is 4.33. The minimum absolute atomic E-state index is 0.0494. The Bertz CT molecular complexity index is 1190. The molecule has 1 saturated heterocycles. The number of aliphatic hydroxyl groups is 1. The number of thiazole rings is 1. The van der Waals surface area contributed by atoms with Crippen LogP contribution in [-0.4, -0.2) is 64.7 Å². The molecule has 2 heterocycles. The average Bonchev–Trinajstić information content (AvgIpc) is 3.30. The Balaban J connectivity index is 1.62. The molecule has 8 nitrogen and oxygen atoms in total. The summed E-state index contributed by atoms with van der Waals surface area (Å²) in [6.45, 7) is 2.22. The number of aromatic nitrogens is 1. The van der Waals surface area contributed by atoms with Gasteiger partial charge in [-0.2, -0.15) is 0 Å². The van der Waals surface area contributed by atoms with Crippen LogP contribution in [0.4, 0.5) is 9.39 Å². The van der Waals surface area contributed by atoms with Crippen LogP contribution < -0.4 is 5.32 Å². The largest absolute Gasteiger partial charge is 0.461 e. The van der Waals surface area contributed by atoms with Crippen LogP contribution in [0, 0.1) is 17.8 Å². The van der Waals surface area contributed by atoms with Gasteiger partial charge in [-0.25, -0.2) is 14.2 Å². The number of carbonyl (C=O) groups is 3. The molecular weight excluding hydrogens is 449 g/mol. The molecular formula is C23H22FN3O5S. The standard InChI is InChI=1S/C23H22FN3O5S/c1-3-32-21(29)17-20(26-18(28)15-12-16(15)24)33-19(25-17)14-6-4-5-13(11-14)7-8-23(31)9-10-27(2)22(23)30/h4-6,11,15-16,31H,3,9-10,12H2,1-2H3,(H,26,28)/t15?,16?,23-/m0/s1. The van der Waals surface area contributed by atoms with Gasteiger partial charge in [0.05, 0.1) is 12.5 Å². The lowest BCUT2D eigenvalue weighted by molar-refractivity contribution is -0.137. The number of rotatable bonds is 5. The Labute approximate surface area is 193 Å². The number of likely N-dealkylation sites (N-methyl/N-ethyl adjacent to an activating group) is 1. The zero-order chi connectivity index (χ0) is 23.8. The fourth-order valence-electron chi connectivity index (χ4n) is 3.38. The molecule has 0 bridgehead atoms. The SMILES string of the molecule is CCOC(=O)c1nc(-c2cccc(C#C[C@]3(O)CCN(C)C3=O)c2)sc1NC(=O)C1CC1F. The molecule has 0 spiro atoms. The number of amides is 2. The van der Waals surface area contributed by atoms with Crippen molar-refractivity contribution in [3.8, 4) is 22.4 Å². The Morgan fingerprint density at radius 2 is 2.21 bits per heavy atom. The van der Waals surface area contributed by atoms with Crippen molar-refractivity contribution in [2.75, 3.05) is 25.5 Å². The number of ether oxygens (including phenoxy) is 1. The summed E-state index contributed by atoms with van der Waals surface area (Å²) in [4.78, 5) is 42.5. The number of alkyl halides is 1. The van der Waals surface area contributed by atoms with Crippen LogP contribution in [0.25, 0.3) is 10.6 Å². The molecule has 0 radical (unpaired) electrons. The number of nitrogens with one attached hydrogen (secondary N) is 1. The second kappa shape index (κ2) is 8.92. The maximum absolute atomic E-state index is 13.3. The van der Waals surface area contributed by atoms with Gasteiger partial charge in [-0.1, -0.05) is 35.3 Å². The summed E-state index contributed by atoms with van der Waals surface area (Å²) in [5, 5.41) is 13.7. The summed E-state index contributed by atoms with van der Waals surface area (Å²) in [6.07, 6.45) is -0.772. The molecule has 2 fully saturated rings. The number of hydrogen-bond acceptors (Lipinski definition) is 7. The Hall–Kier alpha value is -3.29. The zero-order valence-corrected chi connectivity index (χ0v) is 18.9. The number of esters is 1. The third-order valence-corrected chi connectivity index (χ3v) is 6.43. The average molecular weight is 472 g/mol. The number of hydrogen-bond donors (Lipinski definition) is 2. The van der Waals surface area contributed by atoms with Gasteiger partial charge in [0.2, 0.25) is 11.5 Å². The zero-order valence-electron chi connectivity index (χ0n) is 18.1.